The molecular formula is C18H17ClN4O2. The Hall–Kier alpha value is -2.44. The standard InChI is InChI=1S/C18H17ClN4O2/c1-10-4-13(11-6-21-9-22-7-11)16-12-2-3-23(15(24)5-20)8-14(12)25-18(16)17(10)19/h4,6-7,9H,2-3,5,8,20H2,1H3. The molecule has 0 radical (unpaired) electrons. The number of amides is 1. The number of hydrogen-bond acceptors (Lipinski definition) is 5. The molecule has 4 rings (SSSR count). The van der Waals surface area contributed by atoms with Crippen LogP contribution in [0.25, 0.3) is 22.1 Å². The number of hydrogen-bond donors (Lipinski definition) is 1. The van der Waals surface area contributed by atoms with Gasteiger partial charge in [-0.2, -0.15) is 0 Å². The number of carbonyl (C=O) groups is 1. The molecule has 2 N–H and O–H groups in total. The van der Waals surface area contributed by atoms with Gasteiger partial charge < -0.3 is 15.1 Å². The molecule has 3 heterocycles. The zero-order chi connectivity index (χ0) is 17.6. The van der Waals surface area contributed by atoms with Gasteiger partial charge in [0.2, 0.25) is 5.91 Å². The average Bonchev–Trinajstić information content (AvgIpc) is 3.03. The molecule has 6 nitrogen and oxygen atoms in total. The predicted octanol–water partition coefficient (Wildman–Crippen LogP) is 2.70. The SMILES string of the molecule is Cc1cc(-c2cncnc2)c2c3c(oc2c1Cl)CN(C(=O)CN)CC3. The topological polar surface area (TPSA) is 85.2 Å². The number of furan rings is 1. The first-order chi connectivity index (χ1) is 12.1. The lowest BCUT2D eigenvalue weighted by Crippen LogP contribution is -2.39. The minimum absolute atomic E-state index is 0.00201. The Morgan fingerprint density at radius 2 is 2.16 bits per heavy atom. The summed E-state index contributed by atoms with van der Waals surface area (Å²) < 4.78 is 6.08. The van der Waals surface area contributed by atoms with Crippen molar-refractivity contribution in [1.82, 2.24) is 14.9 Å². The molecule has 25 heavy (non-hydrogen) atoms. The van der Waals surface area contributed by atoms with Crippen molar-refractivity contribution in [3.63, 3.8) is 0 Å². The first kappa shape index (κ1) is 16.1. The second kappa shape index (κ2) is 6.13. The summed E-state index contributed by atoms with van der Waals surface area (Å²) in [5.41, 5.74) is 10.1. The van der Waals surface area contributed by atoms with Crippen LogP contribution in [0.1, 0.15) is 16.9 Å². The fourth-order valence-electron chi connectivity index (χ4n) is 3.38. The third kappa shape index (κ3) is 2.58. The quantitative estimate of drug-likeness (QED) is 0.763. The Labute approximate surface area is 149 Å². The first-order valence-electron chi connectivity index (χ1n) is 8.06. The van der Waals surface area contributed by atoms with E-state index in [0.29, 0.717) is 30.1 Å². The minimum atomic E-state index is -0.0786. The van der Waals surface area contributed by atoms with Gasteiger partial charge in [-0.05, 0) is 30.5 Å². The Kier molecular flexibility index (Phi) is 3.94. The largest absolute Gasteiger partial charge is 0.457 e. The highest BCUT2D eigenvalue weighted by Gasteiger charge is 2.28. The molecule has 2 aromatic heterocycles. The lowest BCUT2D eigenvalue weighted by Gasteiger charge is -2.25. The number of nitrogens with zero attached hydrogens (tertiary/aromatic N) is 3. The van der Waals surface area contributed by atoms with Gasteiger partial charge in [-0.1, -0.05) is 11.6 Å². The summed E-state index contributed by atoms with van der Waals surface area (Å²) in [5, 5.41) is 1.59. The van der Waals surface area contributed by atoms with Crippen LogP contribution in [-0.4, -0.2) is 33.9 Å². The fourth-order valence-corrected chi connectivity index (χ4v) is 3.57. The molecule has 0 atom stereocenters. The van der Waals surface area contributed by atoms with Crippen LogP contribution < -0.4 is 5.73 Å². The minimum Gasteiger partial charge on any atom is -0.457 e. The summed E-state index contributed by atoms with van der Waals surface area (Å²) in [6.45, 7) is 2.98. The van der Waals surface area contributed by atoms with E-state index < -0.39 is 0 Å². The van der Waals surface area contributed by atoms with Crippen molar-refractivity contribution in [1.29, 1.82) is 0 Å². The van der Waals surface area contributed by atoms with Crippen molar-refractivity contribution in [2.45, 2.75) is 19.9 Å². The molecule has 1 aromatic carbocycles. The van der Waals surface area contributed by atoms with Gasteiger partial charge in [0.1, 0.15) is 12.1 Å². The normalized spacial score (nSPS) is 14.0. The van der Waals surface area contributed by atoms with Crippen LogP contribution in [0.5, 0.6) is 0 Å². The van der Waals surface area contributed by atoms with Crippen LogP contribution in [0, 0.1) is 6.92 Å². The van der Waals surface area contributed by atoms with E-state index in [4.69, 9.17) is 21.8 Å². The molecule has 1 aliphatic rings. The molecule has 0 aliphatic carbocycles. The predicted molar refractivity (Wildman–Crippen MR) is 95.2 cm³/mol. The van der Waals surface area contributed by atoms with E-state index in [0.717, 1.165) is 33.4 Å². The molecule has 0 bridgehead atoms. The molecule has 0 saturated heterocycles. The fraction of sp³-hybridized carbons (Fsp3) is 0.278. The van der Waals surface area contributed by atoms with Crippen molar-refractivity contribution < 1.29 is 9.21 Å². The third-order valence-corrected chi connectivity index (χ3v) is 5.10. The van der Waals surface area contributed by atoms with Gasteiger partial charge in [0, 0.05) is 35.5 Å². The lowest BCUT2D eigenvalue weighted by atomic mass is 9.95. The number of benzene rings is 1. The number of halogens is 1. The van der Waals surface area contributed by atoms with Gasteiger partial charge >= 0.3 is 0 Å². The van der Waals surface area contributed by atoms with Gasteiger partial charge in [-0.15, -0.1) is 0 Å². The Morgan fingerprint density at radius 1 is 1.40 bits per heavy atom. The summed E-state index contributed by atoms with van der Waals surface area (Å²) in [6.07, 6.45) is 5.77. The van der Waals surface area contributed by atoms with E-state index >= 15 is 0 Å². The van der Waals surface area contributed by atoms with E-state index in [1.807, 2.05) is 13.0 Å². The number of fused-ring (bicyclic) bond motifs is 3. The smallest absolute Gasteiger partial charge is 0.236 e. The van der Waals surface area contributed by atoms with E-state index in [1.54, 1.807) is 17.3 Å². The first-order valence-corrected chi connectivity index (χ1v) is 8.44. The summed E-state index contributed by atoms with van der Waals surface area (Å²) >= 11 is 6.51. The summed E-state index contributed by atoms with van der Waals surface area (Å²) in [4.78, 5) is 21.9. The van der Waals surface area contributed by atoms with Crippen molar-refractivity contribution in [2.24, 2.45) is 5.73 Å². The van der Waals surface area contributed by atoms with Crippen molar-refractivity contribution in [2.75, 3.05) is 13.1 Å². The monoisotopic (exact) mass is 356 g/mol. The molecule has 0 saturated carbocycles. The maximum Gasteiger partial charge on any atom is 0.236 e. The zero-order valence-corrected chi connectivity index (χ0v) is 14.5. The van der Waals surface area contributed by atoms with Crippen LogP contribution >= 0.6 is 11.6 Å². The Balaban J connectivity index is 1.93. The number of aromatic nitrogens is 2. The van der Waals surface area contributed by atoms with Gasteiger partial charge in [-0.3, -0.25) is 4.79 Å². The number of rotatable bonds is 2. The molecular weight excluding hydrogens is 340 g/mol. The van der Waals surface area contributed by atoms with Gasteiger partial charge in [0.25, 0.3) is 0 Å². The molecule has 128 valence electrons. The number of carbonyl (C=O) groups excluding carboxylic acids is 1. The zero-order valence-electron chi connectivity index (χ0n) is 13.8. The molecule has 7 heteroatoms. The van der Waals surface area contributed by atoms with E-state index in [-0.39, 0.29) is 12.5 Å². The number of aryl methyl sites for hydroxylation is 1. The molecule has 3 aromatic rings. The van der Waals surface area contributed by atoms with Crippen LogP contribution in [-0.2, 0) is 17.8 Å². The molecule has 0 fully saturated rings. The maximum atomic E-state index is 11.9. The Bertz CT molecular complexity index is 968. The second-order valence-electron chi connectivity index (χ2n) is 6.16. The van der Waals surface area contributed by atoms with Crippen molar-refractivity contribution in [3.05, 3.63) is 46.7 Å². The molecule has 0 spiro atoms. The lowest BCUT2D eigenvalue weighted by molar-refractivity contribution is -0.130. The van der Waals surface area contributed by atoms with Crippen molar-refractivity contribution in [3.8, 4) is 11.1 Å². The van der Waals surface area contributed by atoms with Gasteiger partial charge in [0.15, 0.2) is 5.58 Å². The van der Waals surface area contributed by atoms with E-state index in [2.05, 4.69) is 9.97 Å². The summed E-state index contributed by atoms with van der Waals surface area (Å²) in [7, 11) is 0. The highest BCUT2D eigenvalue weighted by Crippen LogP contribution is 2.41. The van der Waals surface area contributed by atoms with E-state index in [9.17, 15) is 4.79 Å². The van der Waals surface area contributed by atoms with Crippen molar-refractivity contribution >= 4 is 28.5 Å². The summed E-state index contributed by atoms with van der Waals surface area (Å²) in [5.74, 6) is 0.693. The van der Waals surface area contributed by atoms with Gasteiger partial charge in [-0.25, -0.2) is 9.97 Å². The van der Waals surface area contributed by atoms with Crippen LogP contribution in [0.15, 0.2) is 29.2 Å². The summed E-state index contributed by atoms with van der Waals surface area (Å²) in [6, 6.07) is 2.04. The van der Waals surface area contributed by atoms with E-state index in [1.165, 1.54) is 6.33 Å². The van der Waals surface area contributed by atoms with Crippen LogP contribution in [0.2, 0.25) is 5.02 Å². The third-order valence-electron chi connectivity index (χ3n) is 4.63. The highest BCUT2D eigenvalue weighted by atomic mass is 35.5. The Morgan fingerprint density at radius 3 is 2.88 bits per heavy atom. The highest BCUT2D eigenvalue weighted by molar-refractivity contribution is 6.36. The molecule has 0 unspecified atom stereocenters. The maximum absolute atomic E-state index is 11.9. The van der Waals surface area contributed by atoms with Gasteiger partial charge in [0.05, 0.1) is 18.1 Å². The number of nitrogens with two attached hydrogens (primary N) is 1. The molecule has 1 aliphatic heterocycles. The average molecular weight is 357 g/mol. The van der Waals surface area contributed by atoms with Crippen LogP contribution in [0.3, 0.4) is 0 Å². The molecule has 1 amide bonds. The second-order valence-corrected chi connectivity index (χ2v) is 6.54. The van der Waals surface area contributed by atoms with Crippen LogP contribution in [0.4, 0.5) is 0 Å².